The van der Waals surface area contributed by atoms with Gasteiger partial charge in [0.1, 0.15) is 0 Å². The number of phosphoric acid groups is 1. The van der Waals surface area contributed by atoms with Gasteiger partial charge in [-0.2, -0.15) is 0 Å². The lowest BCUT2D eigenvalue weighted by molar-refractivity contribution is 0.124. The van der Waals surface area contributed by atoms with Crippen molar-refractivity contribution in [1.29, 1.82) is 0 Å². The van der Waals surface area contributed by atoms with E-state index < -0.39 is 7.82 Å². The van der Waals surface area contributed by atoms with E-state index in [2.05, 4.69) is 5.16 Å². The molecule has 0 aromatic carbocycles. The predicted molar refractivity (Wildman–Crippen MR) is 64.8 cm³/mol. The maximum atomic E-state index is 12.0. The molecule has 5 nitrogen and oxygen atoms in total. The Morgan fingerprint density at radius 1 is 1.12 bits per heavy atom. The van der Waals surface area contributed by atoms with E-state index in [1.165, 1.54) is 25.7 Å². The molecule has 2 fully saturated rings. The predicted octanol–water partition coefficient (Wildman–Crippen LogP) is 3.36. The quantitative estimate of drug-likeness (QED) is 0.382. The van der Waals surface area contributed by atoms with Crippen molar-refractivity contribution in [3.8, 4) is 0 Å². The summed E-state index contributed by atoms with van der Waals surface area (Å²) < 4.78 is 27.2. The second kappa shape index (κ2) is 5.51. The summed E-state index contributed by atoms with van der Waals surface area (Å²) in [4.78, 5) is 0. The van der Waals surface area contributed by atoms with Crippen LogP contribution < -0.4 is 0 Å². The monoisotopic (exact) mass is 261 g/mol. The van der Waals surface area contributed by atoms with Gasteiger partial charge in [-0.15, -0.1) is 0 Å². The summed E-state index contributed by atoms with van der Waals surface area (Å²) in [6.45, 7) is 4.08. The number of phosphoric ester groups is 1. The van der Waals surface area contributed by atoms with Gasteiger partial charge >= 0.3 is 7.82 Å². The molecule has 0 spiro atoms. The van der Waals surface area contributed by atoms with E-state index in [0.29, 0.717) is 11.8 Å². The molecule has 2 aliphatic rings. The normalized spacial score (nSPS) is 20.1. The molecule has 2 aliphatic carbocycles. The van der Waals surface area contributed by atoms with Crippen molar-refractivity contribution in [1.82, 2.24) is 0 Å². The standard InChI is InChI=1S/C11H20NO4P/c1-3-14-17(13,15-4-2)16-12-11(9-5-6-9)10-7-8-10/h9-10H,3-8H2,1-2H3. The van der Waals surface area contributed by atoms with Crippen LogP contribution in [0.2, 0.25) is 0 Å². The number of hydrogen-bond donors (Lipinski definition) is 0. The summed E-state index contributed by atoms with van der Waals surface area (Å²) >= 11 is 0. The first-order chi connectivity index (χ1) is 8.18. The van der Waals surface area contributed by atoms with Gasteiger partial charge in [-0.25, -0.2) is 4.57 Å². The molecular formula is C11H20NO4P. The van der Waals surface area contributed by atoms with Gasteiger partial charge in [0.25, 0.3) is 0 Å². The Hall–Kier alpha value is -0.380. The SMILES string of the molecule is CCOP(=O)(OCC)ON=C(C1CC1)C1CC1. The zero-order valence-corrected chi connectivity index (χ0v) is 11.3. The first-order valence-electron chi connectivity index (χ1n) is 6.34. The van der Waals surface area contributed by atoms with Crippen LogP contribution in [0.25, 0.3) is 0 Å². The molecule has 0 amide bonds. The second-order valence-electron chi connectivity index (χ2n) is 4.43. The zero-order valence-electron chi connectivity index (χ0n) is 10.4. The molecule has 2 saturated carbocycles. The van der Waals surface area contributed by atoms with E-state index in [1.54, 1.807) is 13.8 Å². The first kappa shape index (κ1) is 13.1. The Morgan fingerprint density at radius 3 is 1.94 bits per heavy atom. The molecule has 2 rings (SSSR count). The first-order valence-corrected chi connectivity index (χ1v) is 7.80. The molecule has 0 bridgehead atoms. The van der Waals surface area contributed by atoms with Crippen LogP contribution in [0, 0.1) is 11.8 Å². The third-order valence-corrected chi connectivity index (χ3v) is 4.24. The molecule has 0 aromatic rings. The highest BCUT2D eigenvalue weighted by Crippen LogP contribution is 2.51. The molecule has 0 unspecified atom stereocenters. The van der Waals surface area contributed by atoms with Crippen LogP contribution in [0.1, 0.15) is 39.5 Å². The Morgan fingerprint density at radius 2 is 1.59 bits per heavy atom. The molecule has 6 heteroatoms. The third-order valence-electron chi connectivity index (χ3n) is 2.81. The molecule has 0 aromatic heterocycles. The lowest BCUT2D eigenvalue weighted by atomic mass is 10.2. The minimum Gasteiger partial charge on any atom is -0.292 e. The molecule has 0 atom stereocenters. The summed E-state index contributed by atoms with van der Waals surface area (Å²) in [7, 11) is -3.48. The van der Waals surface area contributed by atoms with E-state index in [0.717, 1.165) is 5.71 Å². The largest absolute Gasteiger partial charge is 0.550 e. The van der Waals surface area contributed by atoms with Crippen LogP contribution >= 0.6 is 7.82 Å². The molecular weight excluding hydrogens is 241 g/mol. The smallest absolute Gasteiger partial charge is 0.292 e. The Balaban J connectivity index is 1.96. The second-order valence-corrected chi connectivity index (χ2v) is 6.00. The average molecular weight is 261 g/mol. The minimum absolute atomic E-state index is 0.287. The van der Waals surface area contributed by atoms with Gasteiger partial charge < -0.3 is 0 Å². The van der Waals surface area contributed by atoms with Crippen molar-refractivity contribution in [2.75, 3.05) is 13.2 Å². The summed E-state index contributed by atoms with van der Waals surface area (Å²) in [5.74, 6) is 1.08. The van der Waals surface area contributed by atoms with Gasteiger partial charge in [0, 0.05) is 11.8 Å². The summed E-state index contributed by atoms with van der Waals surface area (Å²) in [6.07, 6.45) is 4.69. The highest BCUT2D eigenvalue weighted by atomic mass is 31.2. The van der Waals surface area contributed by atoms with Crippen molar-refractivity contribution in [2.24, 2.45) is 17.0 Å². The maximum absolute atomic E-state index is 12.0. The lowest BCUT2D eigenvalue weighted by Gasteiger charge is -2.13. The Labute approximate surface area is 102 Å². The average Bonchev–Trinajstić information content (AvgIpc) is 3.14. The van der Waals surface area contributed by atoms with Crippen LogP contribution in [0.15, 0.2) is 5.16 Å². The van der Waals surface area contributed by atoms with Gasteiger partial charge in [0.2, 0.25) is 0 Å². The van der Waals surface area contributed by atoms with E-state index in [1.807, 2.05) is 0 Å². The Bertz CT molecular complexity index is 312. The number of oxime groups is 1. The topological polar surface area (TPSA) is 57.1 Å². The number of nitrogens with zero attached hydrogens (tertiary/aromatic N) is 1. The fourth-order valence-electron chi connectivity index (χ4n) is 1.74. The fraction of sp³-hybridized carbons (Fsp3) is 0.909. The van der Waals surface area contributed by atoms with Crippen molar-refractivity contribution >= 4 is 13.5 Å². The van der Waals surface area contributed by atoms with Gasteiger partial charge in [0.05, 0.1) is 18.9 Å². The highest BCUT2D eigenvalue weighted by Gasteiger charge is 2.39. The lowest BCUT2D eigenvalue weighted by Crippen LogP contribution is -2.06. The van der Waals surface area contributed by atoms with Crippen molar-refractivity contribution in [3.05, 3.63) is 0 Å². The molecule has 98 valence electrons. The van der Waals surface area contributed by atoms with Gasteiger partial charge in [-0.05, 0) is 39.5 Å². The molecule has 0 aliphatic heterocycles. The van der Waals surface area contributed by atoms with Crippen molar-refractivity contribution < 1.29 is 18.2 Å². The van der Waals surface area contributed by atoms with Crippen molar-refractivity contribution in [2.45, 2.75) is 39.5 Å². The van der Waals surface area contributed by atoms with E-state index in [4.69, 9.17) is 13.7 Å². The van der Waals surface area contributed by atoms with Gasteiger partial charge in [-0.1, -0.05) is 5.16 Å². The van der Waals surface area contributed by atoms with E-state index in [9.17, 15) is 4.57 Å². The van der Waals surface area contributed by atoms with Crippen molar-refractivity contribution in [3.63, 3.8) is 0 Å². The molecule has 0 heterocycles. The molecule has 0 radical (unpaired) electrons. The third kappa shape index (κ3) is 3.80. The summed E-state index contributed by atoms with van der Waals surface area (Å²) in [5, 5.41) is 4.06. The van der Waals surface area contributed by atoms with Crippen LogP contribution in [-0.2, 0) is 18.2 Å². The van der Waals surface area contributed by atoms with Crippen LogP contribution in [0.5, 0.6) is 0 Å². The molecule has 0 N–H and O–H groups in total. The highest BCUT2D eigenvalue weighted by molar-refractivity contribution is 7.48. The van der Waals surface area contributed by atoms with Crippen LogP contribution in [0.3, 0.4) is 0 Å². The van der Waals surface area contributed by atoms with E-state index >= 15 is 0 Å². The molecule has 0 saturated heterocycles. The maximum Gasteiger partial charge on any atom is 0.550 e. The minimum atomic E-state index is -3.48. The van der Waals surface area contributed by atoms with Gasteiger partial charge in [-0.3, -0.25) is 13.7 Å². The number of hydrogen-bond acceptors (Lipinski definition) is 5. The van der Waals surface area contributed by atoms with E-state index in [-0.39, 0.29) is 13.2 Å². The van der Waals surface area contributed by atoms with Gasteiger partial charge in [0.15, 0.2) is 0 Å². The van der Waals surface area contributed by atoms with Crippen LogP contribution in [0.4, 0.5) is 0 Å². The zero-order chi connectivity index (χ0) is 12.3. The number of rotatable bonds is 8. The summed E-state index contributed by atoms with van der Waals surface area (Å²) in [6, 6.07) is 0. The Kier molecular flexibility index (Phi) is 4.23. The van der Waals surface area contributed by atoms with Crippen LogP contribution in [-0.4, -0.2) is 18.9 Å². The fourth-order valence-corrected chi connectivity index (χ4v) is 2.73. The molecule has 17 heavy (non-hydrogen) atoms. The summed E-state index contributed by atoms with van der Waals surface area (Å²) in [5.41, 5.74) is 1.06.